The number of carbonyl (C=O) groups is 1. The highest BCUT2D eigenvalue weighted by Gasteiger charge is 2.08. The smallest absolute Gasteiger partial charge is 0.255 e. The number of amides is 1. The number of methoxy groups -OCH3 is 1. The van der Waals surface area contributed by atoms with E-state index in [1.54, 1.807) is 43.5 Å². The van der Waals surface area contributed by atoms with Gasteiger partial charge in [-0.25, -0.2) is 4.39 Å². The quantitative estimate of drug-likeness (QED) is 0.640. The number of pyridine rings is 1. The first-order valence-corrected chi connectivity index (χ1v) is 8.96. The second-order valence-corrected chi connectivity index (χ2v) is 6.31. The van der Waals surface area contributed by atoms with Crippen molar-refractivity contribution >= 4 is 5.91 Å². The van der Waals surface area contributed by atoms with Gasteiger partial charge < -0.3 is 10.1 Å². The van der Waals surface area contributed by atoms with Crippen LogP contribution in [0.25, 0.3) is 5.69 Å². The number of aryl methyl sites for hydroxylation is 1. The molecule has 6 heteroatoms. The number of aromatic nitrogens is 1. The van der Waals surface area contributed by atoms with Crippen molar-refractivity contribution in [1.82, 2.24) is 9.88 Å². The molecule has 0 aliphatic carbocycles. The Bertz CT molecular complexity index is 996. The summed E-state index contributed by atoms with van der Waals surface area (Å²) in [5.74, 6) is 0.178. The van der Waals surface area contributed by atoms with Crippen LogP contribution in [0.1, 0.15) is 22.3 Å². The van der Waals surface area contributed by atoms with Crippen molar-refractivity contribution in [2.24, 2.45) is 0 Å². The molecule has 0 radical (unpaired) electrons. The van der Waals surface area contributed by atoms with Gasteiger partial charge in [0.15, 0.2) is 0 Å². The van der Waals surface area contributed by atoms with Crippen LogP contribution in [0.15, 0.2) is 71.7 Å². The Labute approximate surface area is 162 Å². The van der Waals surface area contributed by atoms with Crippen LogP contribution >= 0.6 is 0 Å². The van der Waals surface area contributed by atoms with Crippen molar-refractivity contribution in [1.29, 1.82) is 0 Å². The van der Waals surface area contributed by atoms with Crippen LogP contribution in [0, 0.1) is 5.82 Å². The second-order valence-electron chi connectivity index (χ2n) is 6.31. The summed E-state index contributed by atoms with van der Waals surface area (Å²) >= 11 is 0. The van der Waals surface area contributed by atoms with Gasteiger partial charge in [0, 0.05) is 24.5 Å². The van der Waals surface area contributed by atoms with Crippen LogP contribution in [-0.4, -0.2) is 24.1 Å². The minimum Gasteiger partial charge on any atom is -0.497 e. The predicted molar refractivity (Wildman–Crippen MR) is 106 cm³/mol. The first-order chi connectivity index (χ1) is 13.6. The van der Waals surface area contributed by atoms with Crippen LogP contribution < -0.4 is 15.6 Å². The number of nitrogens with one attached hydrogen (secondary N) is 1. The molecule has 5 nitrogen and oxygen atoms in total. The molecule has 0 spiro atoms. The second kappa shape index (κ2) is 8.99. The van der Waals surface area contributed by atoms with Gasteiger partial charge in [0.05, 0.1) is 12.7 Å². The lowest BCUT2D eigenvalue weighted by Gasteiger charge is -2.10. The minimum absolute atomic E-state index is 0.224. The normalized spacial score (nSPS) is 10.5. The lowest BCUT2D eigenvalue weighted by Crippen LogP contribution is -2.27. The molecule has 0 unspecified atom stereocenters. The van der Waals surface area contributed by atoms with Crippen LogP contribution in [0.3, 0.4) is 0 Å². The van der Waals surface area contributed by atoms with Gasteiger partial charge >= 0.3 is 0 Å². The van der Waals surface area contributed by atoms with E-state index in [1.165, 1.54) is 35.0 Å². The summed E-state index contributed by atoms with van der Waals surface area (Å²) in [5, 5.41) is 2.85. The van der Waals surface area contributed by atoms with Crippen molar-refractivity contribution in [3.63, 3.8) is 0 Å². The van der Waals surface area contributed by atoms with Crippen molar-refractivity contribution in [2.75, 3.05) is 13.7 Å². The summed E-state index contributed by atoms with van der Waals surface area (Å²) in [4.78, 5) is 24.6. The highest BCUT2D eigenvalue weighted by Crippen LogP contribution is 2.14. The predicted octanol–water partition coefficient (Wildman–Crippen LogP) is 3.35. The maximum atomic E-state index is 12.9. The molecule has 0 bridgehead atoms. The van der Waals surface area contributed by atoms with E-state index in [4.69, 9.17) is 4.74 Å². The van der Waals surface area contributed by atoms with E-state index in [0.717, 1.165) is 18.4 Å². The number of hydrogen-bond acceptors (Lipinski definition) is 3. The van der Waals surface area contributed by atoms with Gasteiger partial charge in [-0.1, -0.05) is 12.1 Å². The third kappa shape index (κ3) is 4.85. The van der Waals surface area contributed by atoms with E-state index in [-0.39, 0.29) is 17.3 Å². The van der Waals surface area contributed by atoms with E-state index in [1.807, 2.05) is 0 Å². The highest BCUT2D eigenvalue weighted by molar-refractivity contribution is 5.93. The molecule has 0 saturated carbocycles. The first kappa shape index (κ1) is 19.4. The monoisotopic (exact) mass is 380 g/mol. The Morgan fingerprint density at radius 3 is 2.43 bits per heavy atom. The molecule has 1 N–H and O–H groups in total. The average molecular weight is 380 g/mol. The zero-order chi connectivity index (χ0) is 19.9. The number of rotatable bonds is 7. The zero-order valence-corrected chi connectivity index (χ0v) is 15.5. The standard InChI is InChI=1S/C22H21FN2O3/c1-28-20-11-9-19(10-12-20)25-15-17(6-13-21(25)26)22(27)24-14-2-3-16-4-7-18(23)8-5-16/h4-13,15H,2-3,14H2,1H3,(H,24,27). The van der Waals surface area contributed by atoms with Gasteiger partial charge in [-0.3, -0.25) is 14.2 Å². The highest BCUT2D eigenvalue weighted by atomic mass is 19.1. The Morgan fingerprint density at radius 2 is 1.75 bits per heavy atom. The van der Waals surface area contributed by atoms with Gasteiger partial charge in [0.1, 0.15) is 11.6 Å². The minimum atomic E-state index is -0.260. The van der Waals surface area contributed by atoms with Gasteiger partial charge in [-0.2, -0.15) is 0 Å². The van der Waals surface area contributed by atoms with E-state index in [9.17, 15) is 14.0 Å². The van der Waals surface area contributed by atoms with Crippen molar-refractivity contribution in [3.8, 4) is 11.4 Å². The lowest BCUT2D eigenvalue weighted by atomic mass is 10.1. The van der Waals surface area contributed by atoms with Gasteiger partial charge in [-0.05, 0) is 60.9 Å². The summed E-state index contributed by atoms with van der Waals surface area (Å²) in [6.45, 7) is 0.484. The maximum Gasteiger partial charge on any atom is 0.255 e. The number of hydrogen-bond donors (Lipinski definition) is 1. The number of ether oxygens (including phenoxy) is 1. The molecule has 1 amide bonds. The molecule has 2 aromatic carbocycles. The molecule has 0 aliphatic rings. The average Bonchev–Trinajstić information content (AvgIpc) is 2.73. The van der Waals surface area contributed by atoms with E-state index >= 15 is 0 Å². The van der Waals surface area contributed by atoms with E-state index in [0.29, 0.717) is 23.5 Å². The van der Waals surface area contributed by atoms with Crippen molar-refractivity contribution in [3.05, 3.63) is 94.2 Å². The van der Waals surface area contributed by atoms with Crippen LogP contribution in [0.5, 0.6) is 5.75 Å². The molecule has 28 heavy (non-hydrogen) atoms. The van der Waals surface area contributed by atoms with Gasteiger partial charge in [0.25, 0.3) is 11.5 Å². The fourth-order valence-corrected chi connectivity index (χ4v) is 2.81. The molecule has 0 atom stereocenters. The van der Waals surface area contributed by atoms with Crippen LogP contribution in [0.2, 0.25) is 0 Å². The molecule has 0 fully saturated rings. The molecular weight excluding hydrogens is 359 g/mol. The number of benzene rings is 2. The summed E-state index contributed by atoms with van der Waals surface area (Å²) in [6, 6.07) is 16.2. The van der Waals surface area contributed by atoms with E-state index in [2.05, 4.69) is 5.32 Å². The van der Waals surface area contributed by atoms with Gasteiger partial charge in [0.2, 0.25) is 0 Å². The Kier molecular flexibility index (Phi) is 6.22. The molecule has 1 aromatic heterocycles. The lowest BCUT2D eigenvalue weighted by molar-refractivity contribution is 0.0952. The number of carbonyl (C=O) groups excluding carboxylic acids is 1. The third-order valence-electron chi connectivity index (χ3n) is 4.36. The first-order valence-electron chi connectivity index (χ1n) is 8.96. The maximum absolute atomic E-state index is 12.9. The molecule has 3 aromatic rings. The summed E-state index contributed by atoms with van der Waals surface area (Å²) < 4.78 is 19.4. The fourth-order valence-electron chi connectivity index (χ4n) is 2.81. The molecule has 1 heterocycles. The Balaban J connectivity index is 1.61. The molecule has 3 rings (SSSR count). The Hall–Kier alpha value is -3.41. The molecule has 0 saturated heterocycles. The van der Waals surface area contributed by atoms with Crippen molar-refractivity contribution < 1.29 is 13.9 Å². The topological polar surface area (TPSA) is 60.3 Å². The molecular formula is C22H21FN2O3. The largest absolute Gasteiger partial charge is 0.497 e. The molecule has 144 valence electrons. The SMILES string of the molecule is COc1ccc(-n2cc(C(=O)NCCCc3ccc(F)cc3)ccc2=O)cc1. The van der Waals surface area contributed by atoms with Crippen LogP contribution in [0.4, 0.5) is 4.39 Å². The third-order valence-corrected chi connectivity index (χ3v) is 4.36. The summed E-state index contributed by atoms with van der Waals surface area (Å²) in [7, 11) is 1.57. The van der Waals surface area contributed by atoms with Gasteiger partial charge in [-0.15, -0.1) is 0 Å². The number of halogens is 1. The fraction of sp³-hybridized carbons (Fsp3) is 0.182. The zero-order valence-electron chi connectivity index (χ0n) is 15.5. The van der Waals surface area contributed by atoms with E-state index < -0.39 is 0 Å². The summed E-state index contributed by atoms with van der Waals surface area (Å²) in [5.41, 5.74) is 1.84. The Morgan fingerprint density at radius 1 is 1.04 bits per heavy atom. The number of nitrogens with zero attached hydrogens (tertiary/aromatic N) is 1. The van der Waals surface area contributed by atoms with Crippen molar-refractivity contribution in [2.45, 2.75) is 12.8 Å². The van der Waals surface area contributed by atoms with Crippen LogP contribution in [-0.2, 0) is 6.42 Å². The molecule has 0 aliphatic heterocycles. The summed E-state index contributed by atoms with van der Waals surface area (Å²) in [6.07, 6.45) is 3.00.